The molecule has 0 fully saturated rings. The molecule has 34 heavy (non-hydrogen) atoms. The van der Waals surface area contributed by atoms with Gasteiger partial charge in [-0.1, -0.05) is 29.8 Å². The van der Waals surface area contributed by atoms with Gasteiger partial charge in [-0.25, -0.2) is 4.98 Å². The van der Waals surface area contributed by atoms with E-state index in [1.165, 1.54) is 16.8 Å². The summed E-state index contributed by atoms with van der Waals surface area (Å²) in [5, 5.41) is 0.567. The highest BCUT2D eigenvalue weighted by molar-refractivity contribution is 7.92. The Bertz CT molecular complexity index is 1270. The fourth-order valence-corrected chi connectivity index (χ4v) is 5.50. The summed E-state index contributed by atoms with van der Waals surface area (Å²) >= 11 is 6.02. The van der Waals surface area contributed by atoms with Gasteiger partial charge < -0.3 is 14.2 Å². The zero-order valence-corrected chi connectivity index (χ0v) is 20.7. The number of fused-ring (bicyclic) bond motifs is 1. The minimum Gasteiger partial charge on any atom is -0.384 e. The number of sulfonamides is 1. The first-order chi connectivity index (χ1) is 16.3. The number of carbonyl (C=O) groups is 1. The molecule has 2 heterocycles. The standard InChI is InChI=1S/C24H27ClN4O4S/c1-27-16-23(26-17-27)34(31,32)29(14-18-3-6-21(25)7-4-18)22-8-5-20-15-28(11-9-19(20)13-22)24(30)10-12-33-2/h3-8,13,16-17H,9-12,14-15H2,1-2H3. The van der Waals surface area contributed by atoms with Gasteiger partial charge in [0.1, 0.15) is 0 Å². The summed E-state index contributed by atoms with van der Waals surface area (Å²) in [7, 11) is -0.604. The normalized spacial score (nSPS) is 13.6. The third-order valence-electron chi connectivity index (χ3n) is 5.84. The second-order valence-corrected chi connectivity index (χ2v) is 10.5. The van der Waals surface area contributed by atoms with E-state index in [2.05, 4.69) is 4.98 Å². The molecule has 1 aliphatic heterocycles. The average Bonchev–Trinajstić information content (AvgIpc) is 3.28. The van der Waals surface area contributed by atoms with Crippen molar-refractivity contribution in [1.29, 1.82) is 0 Å². The Kier molecular flexibility index (Phi) is 7.25. The molecule has 0 bridgehead atoms. The number of nitrogens with zero attached hydrogens (tertiary/aromatic N) is 4. The van der Waals surface area contributed by atoms with Crippen LogP contribution in [-0.4, -0.2) is 49.0 Å². The molecule has 3 aromatic rings. The summed E-state index contributed by atoms with van der Waals surface area (Å²) in [5.41, 5.74) is 3.41. The first-order valence-electron chi connectivity index (χ1n) is 10.9. The Morgan fingerprint density at radius 2 is 1.94 bits per heavy atom. The molecule has 1 aliphatic rings. The summed E-state index contributed by atoms with van der Waals surface area (Å²) in [6.07, 6.45) is 3.96. The Morgan fingerprint density at radius 3 is 2.62 bits per heavy atom. The number of halogens is 1. The molecular formula is C24H27ClN4O4S. The topological polar surface area (TPSA) is 84.7 Å². The van der Waals surface area contributed by atoms with Crippen LogP contribution < -0.4 is 4.31 Å². The van der Waals surface area contributed by atoms with Gasteiger partial charge in [-0.05, 0) is 47.4 Å². The predicted octanol–water partition coefficient (Wildman–Crippen LogP) is 3.39. The summed E-state index contributed by atoms with van der Waals surface area (Å²) in [4.78, 5) is 18.3. The van der Waals surface area contributed by atoms with Crippen LogP contribution in [0.3, 0.4) is 0 Å². The number of imidazole rings is 1. The molecule has 0 saturated carbocycles. The lowest BCUT2D eigenvalue weighted by Crippen LogP contribution is -2.36. The third-order valence-corrected chi connectivity index (χ3v) is 7.75. The average molecular weight is 503 g/mol. The maximum Gasteiger partial charge on any atom is 0.283 e. The van der Waals surface area contributed by atoms with E-state index < -0.39 is 10.0 Å². The molecule has 1 aromatic heterocycles. The number of hydrogen-bond donors (Lipinski definition) is 0. The van der Waals surface area contributed by atoms with Crippen LogP contribution in [0.1, 0.15) is 23.1 Å². The molecule has 0 aliphatic carbocycles. The molecule has 0 radical (unpaired) electrons. The first kappa shape index (κ1) is 24.3. The number of benzene rings is 2. The SMILES string of the molecule is COCCC(=O)N1CCc2cc(N(Cc3ccc(Cl)cc3)S(=O)(=O)c3cn(C)cn3)ccc2C1. The van der Waals surface area contributed by atoms with Crippen LogP contribution in [0, 0.1) is 0 Å². The molecule has 8 nitrogen and oxygen atoms in total. The van der Waals surface area contributed by atoms with Gasteiger partial charge in [0.25, 0.3) is 10.0 Å². The van der Waals surface area contributed by atoms with E-state index in [4.69, 9.17) is 16.3 Å². The molecule has 0 spiro atoms. The lowest BCUT2D eigenvalue weighted by Gasteiger charge is -2.31. The van der Waals surface area contributed by atoms with Crippen LogP contribution in [-0.2, 0) is 46.1 Å². The van der Waals surface area contributed by atoms with E-state index in [0.717, 1.165) is 16.7 Å². The highest BCUT2D eigenvalue weighted by Crippen LogP contribution is 2.30. The van der Waals surface area contributed by atoms with Crippen molar-refractivity contribution in [2.24, 2.45) is 7.05 Å². The van der Waals surface area contributed by atoms with Gasteiger partial charge >= 0.3 is 0 Å². The Labute approximate surface area is 204 Å². The van der Waals surface area contributed by atoms with Gasteiger partial charge in [0, 0.05) is 38.5 Å². The van der Waals surface area contributed by atoms with E-state index in [-0.39, 0.29) is 17.5 Å². The molecule has 0 atom stereocenters. The van der Waals surface area contributed by atoms with Crippen molar-refractivity contribution in [2.45, 2.75) is 31.0 Å². The van der Waals surface area contributed by atoms with Crippen molar-refractivity contribution < 1.29 is 17.9 Å². The van der Waals surface area contributed by atoms with Gasteiger partial charge in [-0.3, -0.25) is 9.10 Å². The molecule has 2 aromatic carbocycles. The molecule has 0 unspecified atom stereocenters. The number of hydrogen-bond acceptors (Lipinski definition) is 5. The van der Waals surface area contributed by atoms with E-state index in [0.29, 0.717) is 43.2 Å². The van der Waals surface area contributed by atoms with E-state index >= 15 is 0 Å². The Hall–Kier alpha value is -2.88. The van der Waals surface area contributed by atoms with Crippen LogP contribution in [0.25, 0.3) is 0 Å². The quantitative estimate of drug-likeness (QED) is 0.471. The second kappa shape index (κ2) is 10.2. The van der Waals surface area contributed by atoms with Crippen LogP contribution in [0.15, 0.2) is 60.0 Å². The summed E-state index contributed by atoms with van der Waals surface area (Å²) in [5.74, 6) is 0.0543. The van der Waals surface area contributed by atoms with Crippen LogP contribution in [0.5, 0.6) is 0 Å². The lowest BCUT2D eigenvalue weighted by molar-refractivity contribution is -0.133. The van der Waals surface area contributed by atoms with Crippen LogP contribution in [0.2, 0.25) is 5.02 Å². The molecule has 4 rings (SSSR count). The molecule has 0 N–H and O–H groups in total. The van der Waals surface area contributed by atoms with Gasteiger partial charge in [-0.15, -0.1) is 0 Å². The highest BCUT2D eigenvalue weighted by Gasteiger charge is 2.29. The Balaban J connectivity index is 1.65. The number of ether oxygens (including phenoxy) is 1. The van der Waals surface area contributed by atoms with Crippen LogP contribution >= 0.6 is 11.6 Å². The number of aryl methyl sites for hydroxylation is 1. The first-order valence-corrected chi connectivity index (χ1v) is 12.7. The number of rotatable bonds is 8. The number of anilines is 1. The molecular weight excluding hydrogens is 476 g/mol. The van der Waals surface area contributed by atoms with Crippen molar-refractivity contribution in [3.63, 3.8) is 0 Å². The van der Waals surface area contributed by atoms with Crippen molar-refractivity contribution >= 4 is 33.2 Å². The van der Waals surface area contributed by atoms with Crippen molar-refractivity contribution in [3.05, 3.63) is 76.7 Å². The predicted molar refractivity (Wildman–Crippen MR) is 130 cm³/mol. The fraction of sp³-hybridized carbons (Fsp3) is 0.333. The summed E-state index contributed by atoms with van der Waals surface area (Å²) in [6, 6.07) is 12.7. The third kappa shape index (κ3) is 5.27. The minimum atomic E-state index is -3.91. The Morgan fingerprint density at radius 1 is 1.18 bits per heavy atom. The second-order valence-electron chi connectivity index (χ2n) is 8.28. The van der Waals surface area contributed by atoms with Crippen molar-refractivity contribution in [2.75, 3.05) is 24.6 Å². The summed E-state index contributed by atoms with van der Waals surface area (Å²) in [6.45, 7) is 1.62. The fourth-order valence-electron chi connectivity index (χ4n) is 3.96. The van der Waals surface area contributed by atoms with Crippen molar-refractivity contribution in [1.82, 2.24) is 14.5 Å². The van der Waals surface area contributed by atoms with Gasteiger partial charge in [0.05, 0.1) is 31.6 Å². The molecule has 180 valence electrons. The molecule has 0 saturated heterocycles. The van der Waals surface area contributed by atoms with E-state index in [1.807, 2.05) is 29.2 Å². The zero-order valence-electron chi connectivity index (χ0n) is 19.1. The summed E-state index contributed by atoms with van der Waals surface area (Å²) < 4.78 is 35.2. The number of amides is 1. The maximum absolute atomic E-state index is 13.6. The van der Waals surface area contributed by atoms with Gasteiger partial charge in [-0.2, -0.15) is 8.42 Å². The minimum absolute atomic E-state index is 0.0170. The molecule has 1 amide bonds. The van der Waals surface area contributed by atoms with Crippen molar-refractivity contribution in [3.8, 4) is 0 Å². The van der Waals surface area contributed by atoms with E-state index in [9.17, 15) is 13.2 Å². The zero-order chi connectivity index (χ0) is 24.3. The smallest absolute Gasteiger partial charge is 0.283 e. The monoisotopic (exact) mass is 502 g/mol. The van der Waals surface area contributed by atoms with Gasteiger partial charge in [0.15, 0.2) is 5.03 Å². The molecule has 10 heteroatoms. The number of carbonyl (C=O) groups excluding carboxylic acids is 1. The van der Waals surface area contributed by atoms with Gasteiger partial charge in [0.2, 0.25) is 5.91 Å². The number of methoxy groups -OCH3 is 1. The lowest BCUT2D eigenvalue weighted by atomic mass is 9.98. The highest BCUT2D eigenvalue weighted by atomic mass is 35.5. The maximum atomic E-state index is 13.6. The van der Waals surface area contributed by atoms with E-state index in [1.54, 1.807) is 36.9 Å². The largest absolute Gasteiger partial charge is 0.384 e. The number of aromatic nitrogens is 2. The van der Waals surface area contributed by atoms with Crippen LogP contribution in [0.4, 0.5) is 5.69 Å².